The first-order chi connectivity index (χ1) is 19.0. The van der Waals surface area contributed by atoms with Crippen LogP contribution in [-0.2, 0) is 0 Å². The zero-order chi connectivity index (χ0) is 27.7. The van der Waals surface area contributed by atoms with Gasteiger partial charge in [-0.1, -0.05) is 112 Å². The van der Waals surface area contributed by atoms with Gasteiger partial charge >= 0.3 is 0 Å². The van der Waals surface area contributed by atoms with E-state index in [-0.39, 0.29) is 5.56 Å². The van der Waals surface area contributed by atoms with E-state index in [1.165, 1.54) is 0 Å². The van der Waals surface area contributed by atoms with Crippen LogP contribution in [0.2, 0.25) is 0 Å². The van der Waals surface area contributed by atoms with Gasteiger partial charge < -0.3 is 0 Å². The molecular formula is C36H27F3. The number of halogens is 3. The lowest BCUT2D eigenvalue weighted by Gasteiger charge is -2.19. The van der Waals surface area contributed by atoms with Crippen LogP contribution >= 0.6 is 0 Å². The highest BCUT2D eigenvalue weighted by atomic mass is 19.2. The van der Waals surface area contributed by atoms with Gasteiger partial charge in [0.25, 0.3) is 0 Å². The van der Waals surface area contributed by atoms with Crippen LogP contribution in [0.4, 0.5) is 13.2 Å². The van der Waals surface area contributed by atoms with Crippen molar-refractivity contribution in [3.8, 4) is 22.3 Å². The van der Waals surface area contributed by atoms with Gasteiger partial charge in [-0.25, -0.2) is 13.2 Å². The van der Waals surface area contributed by atoms with E-state index in [1.54, 1.807) is 6.08 Å². The fourth-order valence-electron chi connectivity index (χ4n) is 5.35. The second-order valence-corrected chi connectivity index (χ2v) is 9.01. The van der Waals surface area contributed by atoms with Gasteiger partial charge in [0.15, 0.2) is 17.5 Å². The minimum Gasteiger partial charge on any atom is -0.204 e. The predicted octanol–water partition coefficient (Wildman–Crippen LogP) is 11.1. The van der Waals surface area contributed by atoms with Crippen LogP contribution in [-0.4, -0.2) is 0 Å². The van der Waals surface area contributed by atoms with Gasteiger partial charge in [-0.15, -0.1) is 0 Å². The summed E-state index contributed by atoms with van der Waals surface area (Å²) in [6, 6.07) is 26.4. The van der Waals surface area contributed by atoms with E-state index < -0.39 is 17.5 Å². The first kappa shape index (κ1) is 26.0. The Kier molecular flexibility index (Phi) is 7.08. The summed E-state index contributed by atoms with van der Waals surface area (Å²) in [7, 11) is 0. The van der Waals surface area contributed by atoms with E-state index in [0.29, 0.717) is 5.56 Å². The van der Waals surface area contributed by atoms with Gasteiger partial charge in [0.2, 0.25) is 0 Å². The van der Waals surface area contributed by atoms with Gasteiger partial charge in [-0.05, 0) is 83.9 Å². The molecule has 0 fully saturated rings. The summed E-state index contributed by atoms with van der Waals surface area (Å²) < 4.78 is 42.1. The Morgan fingerprint density at radius 3 is 1.90 bits per heavy atom. The second kappa shape index (κ2) is 10.6. The summed E-state index contributed by atoms with van der Waals surface area (Å²) in [5.74, 6) is -3.89. The number of hydrogen-bond donors (Lipinski definition) is 0. The molecule has 0 heterocycles. The molecule has 0 aliphatic rings. The molecule has 0 bridgehead atoms. The average Bonchev–Trinajstić information content (AvgIpc) is 2.98. The van der Waals surface area contributed by atoms with Gasteiger partial charge in [0, 0.05) is 0 Å². The van der Waals surface area contributed by atoms with Crippen LogP contribution in [0.15, 0.2) is 116 Å². The summed E-state index contributed by atoms with van der Waals surface area (Å²) in [6.07, 6.45) is 5.49. The topological polar surface area (TPSA) is 0 Å². The van der Waals surface area contributed by atoms with Crippen LogP contribution in [0, 0.1) is 17.5 Å². The Balaban J connectivity index is 0.00000151. The van der Waals surface area contributed by atoms with Crippen LogP contribution < -0.4 is 0 Å². The highest BCUT2D eigenvalue weighted by molar-refractivity contribution is 6.29. The molecule has 0 atom stereocenters. The van der Waals surface area contributed by atoms with Crippen molar-refractivity contribution in [3.63, 3.8) is 0 Å². The molecule has 0 aliphatic carbocycles. The molecule has 192 valence electrons. The van der Waals surface area contributed by atoms with Crippen molar-refractivity contribution in [1.29, 1.82) is 0 Å². The van der Waals surface area contributed by atoms with E-state index in [1.807, 2.05) is 62.4 Å². The largest absolute Gasteiger partial charge is 0.204 e. The molecule has 0 amide bonds. The zero-order valence-corrected chi connectivity index (χ0v) is 21.9. The third-order valence-corrected chi connectivity index (χ3v) is 6.99. The summed E-state index contributed by atoms with van der Waals surface area (Å²) in [6.45, 7) is 11.9. The standard InChI is InChI=1S/C34H21F3.C2H6/c1-3-8-20(4-2)28-19-29(21-9-6-5-7-10-21)27-16-15-25-24(23-17-30(35)34(37)31(36)18-23)13-11-22-12-14-26(28)33(27)32(22)25;1-2/h3-19H,1-2H2;1-2H3/b20-8+;. The molecule has 0 spiro atoms. The van der Waals surface area contributed by atoms with Crippen molar-refractivity contribution in [1.82, 2.24) is 0 Å². The molecule has 3 heteroatoms. The highest BCUT2D eigenvalue weighted by Gasteiger charge is 2.19. The normalized spacial score (nSPS) is 11.6. The molecule has 0 saturated heterocycles. The minimum absolute atomic E-state index is 0.288. The molecule has 0 unspecified atom stereocenters. The van der Waals surface area contributed by atoms with E-state index in [0.717, 1.165) is 66.7 Å². The Labute approximate surface area is 226 Å². The number of allylic oxidation sites excluding steroid dienone is 4. The van der Waals surface area contributed by atoms with Gasteiger partial charge in [-0.3, -0.25) is 0 Å². The van der Waals surface area contributed by atoms with Crippen LogP contribution in [0.3, 0.4) is 0 Å². The number of benzene rings is 6. The van der Waals surface area contributed by atoms with Crippen LogP contribution in [0.5, 0.6) is 0 Å². The Morgan fingerprint density at radius 2 is 1.26 bits per heavy atom. The Hall–Kier alpha value is -4.63. The van der Waals surface area contributed by atoms with Crippen molar-refractivity contribution in [3.05, 3.63) is 139 Å². The molecule has 0 radical (unpaired) electrons. The maximum atomic E-state index is 14.2. The van der Waals surface area contributed by atoms with Crippen molar-refractivity contribution >= 4 is 37.9 Å². The summed E-state index contributed by atoms with van der Waals surface area (Å²) >= 11 is 0. The van der Waals surface area contributed by atoms with Crippen molar-refractivity contribution in [2.75, 3.05) is 0 Å². The third kappa shape index (κ3) is 4.30. The van der Waals surface area contributed by atoms with E-state index in [2.05, 4.69) is 49.6 Å². The van der Waals surface area contributed by atoms with Crippen molar-refractivity contribution < 1.29 is 13.2 Å². The average molecular weight is 517 g/mol. The summed E-state index contributed by atoms with van der Waals surface area (Å²) in [5.41, 5.74) is 5.02. The zero-order valence-electron chi connectivity index (χ0n) is 21.9. The quantitative estimate of drug-likeness (QED) is 0.121. The smallest absolute Gasteiger partial charge is 0.194 e. The minimum atomic E-state index is -1.47. The SMILES string of the molecule is C=C/C=C(\C=C)c1cc(-c2ccccc2)c2ccc3c(-c4cc(F)c(F)c(F)c4)ccc4ccc1c2c43.CC. The van der Waals surface area contributed by atoms with E-state index in [9.17, 15) is 13.2 Å². The predicted molar refractivity (Wildman–Crippen MR) is 161 cm³/mol. The molecule has 6 aromatic rings. The molecule has 39 heavy (non-hydrogen) atoms. The first-order valence-electron chi connectivity index (χ1n) is 12.9. The fraction of sp³-hybridized carbons (Fsp3) is 0.0556. The highest BCUT2D eigenvalue weighted by Crippen LogP contribution is 2.45. The molecule has 0 aliphatic heterocycles. The van der Waals surface area contributed by atoms with Gasteiger partial charge in [-0.2, -0.15) is 0 Å². The van der Waals surface area contributed by atoms with Crippen LogP contribution in [0.25, 0.3) is 60.1 Å². The van der Waals surface area contributed by atoms with Crippen molar-refractivity contribution in [2.24, 2.45) is 0 Å². The number of rotatable bonds is 5. The Morgan fingerprint density at radius 1 is 0.641 bits per heavy atom. The second-order valence-electron chi connectivity index (χ2n) is 9.01. The lowest BCUT2D eigenvalue weighted by Crippen LogP contribution is -1.95. The maximum Gasteiger partial charge on any atom is 0.194 e. The third-order valence-electron chi connectivity index (χ3n) is 6.99. The molecule has 6 rings (SSSR count). The maximum absolute atomic E-state index is 14.2. The molecular weight excluding hydrogens is 489 g/mol. The number of hydrogen-bond acceptors (Lipinski definition) is 0. The molecule has 6 aromatic carbocycles. The van der Waals surface area contributed by atoms with Crippen molar-refractivity contribution in [2.45, 2.75) is 13.8 Å². The molecule has 0 N–H and O–H groups in total. The lowest BCUT2D eigenvalue weighted by molar-refractivity contribution is 0.448. The molecule has 0 nitrogen and oxygen atoms in total. The van der Waals surface area contributed by atoms with Gasteiger partial charge in [0.1, 0.15) is 0 Å². The lowest BCUT2D eigenvalue weighted by atomic mass is 9.84. The van der Waals surface area contributed by atoms with Gasteiger partial charge in [0.05, 0.1) is 0 Å². The molecule has 0 saturated carbocycles. The Bertz CT molecular complexity index is 1850. The van der Waals surface area contributed by atoms with Crippen LogP contribution in [0.1, 0.15) is 19.4 Å². The fourth-order valence-corrected chi connectivity index (χ4v) is 5.35. The summed E-state index contributed by atoms with van der Waals surface area (Å²) in [5, 5.41) is 5.98. The van der Waals surface area contributed by atoms with E-state index in [4.69, 9.17) is 0 Å². The van der Waals surface area contributed by atoms with E-state index >= 15 is 0 Å². The molecule has 0 aromatic heterocycles. The first-order valence-corrected chi connectivity index (χ1v) is 12.9. The summed E-state index contributed by atoms with van der Waals surface area (Å²) in [4.78, 5) is 0. The monoisotopic (exact) mass is 516 g/mol.